The van der Waals surface area contributed by atoms with Crippen LogP contribution in [0.15, 0.2) is 12.7 Å². The monoisotopic (exact) mass is 269 g/mol. The van der Waals surface area contributed by atoms with Crippen LogP contribution in [-0.2, 0) is 9.59 Å². The molecule has 2 fully saturated rings. The molecular formula is C12H19N3O2S. The average Bonchev–Trinajstić information content (AvgIpc) is 2.39. The maximum Gasteiger partial charge on any atom is 0.239 e. The van der Waals surface area contributed by atoms with E-state index in [-0.39, 0.29) is 17.9 Å². The molecule has 0 saturated carbocycles. The van der Waals surface area contributed by atoms with Crippen molar-refractivity contribution in [1.29, 1.82) is 0 Å². The van der Waals surface area contributed by atoms with Crippen molar-refractivity contribution in [3.63, 3.8) is 0 Å². The Morgan fingerprint density at radius 2 is 2.33 bits per heavy atom. The van der Waals surface area contributed by atoms with Crippen LogP contribution in [0, 0.1) is 0 Å². The second-order valence-corrected chi connectivity index (χ2v) is 5.52. The third-order valence-corrected chi connectivity index (χ3v) is 4.23. The zero-order chi connectivity index (χ0) is 13.0. The van der Waals surface area contributed by atoms with Gasteiger partial charge in [-0.25, -0.2) is 0 Å². The average molecular weight is 269 g/mol. The van der Waals surface area contributed by atoms with E-state index in [9.17, 15) is 9.59 Å². The van der Waals surface area contributed by atoms with Crippen molar-refractivity contribution in [2.45, 2.75) is 6.04 Å². The molecule has 1 atom stereocenters. The molecule has 2 saturated heterocycles. The summed E-state index contributed by atoms with van der Waals surface area (Å²) < 4.78 is 0. The van der Waals surface area contributed by atoms with Crippen molar-refractivity contribution in [3.8, 4) is 0 Å². The number of hydrogen-bond donors (Lipinski definition) is 1. The standard InChI is InChI=1S/C12H19N3O2S/c1-2-7-18-9-11(16)15-6-5-14-4-3-13-12(17)10(14)8-15/h2,10H,1,3-9H2,(H,13,17)/t10-/m0/s1. The molecule has 0 radical (unpaired) electrons. The molecule has 5 nitrogen and oxygen atoms in total. The first-order valence-corrected chi connectivity index (χ1v) is 7.36. The van der Waals surface area contributed by atoms with E-state index in [1.165, 1.54) is 0 Å². The summed E-state index contributed by atoms with van der Waals surface area (Å²) in [4.78, 5) is 27.7. The highest BCUT2D eigenvalue weighted by molar-refractivity contribution is 8.00. The van der Waals surface area contributed by atoms with Gasteiger partial charge in [0.1, 0.15) is 6.04 Å². The van der Waals surface area contributed by atoms with Crippen molar-refractivity contribution in [3.05, 3.63) is 12.7 Å². The minimum Gasteiger partial charge on any atom is -0.353 e. The summed E-state index contributed by atoms with van der Waals surface area (Å²) in [6, 6.07) is -0.152. The van der Waals surface area contributed by atoms with E-state index in [0.29, 0.717) is 12.3 Å². The molecule has 2 amide bonds. The molecule has 0 aromatic rings. The molecule has 0 aromatic heterocycles. The fourth-order valence-electron chi connectivity index (χ4n) is 2.32. The van der Waals surface area contributed by atoms with Crippen LogP contribution in [0.5, 0.6) is 0 Å². The minimum atomic E-state index is -0.152. The molecule has 0 bridgehead atoms. The summed E-state index contributed by atoms with van der Waals surface area (Å²) in [6.45, 7) is 7.30. The maximum absolute atomic E-state index is 12.0. The van der Waals surface area contributed by atoms with Gasteiger partial charge in [-0.2, -0.15) is 0 Å². The third kappa shape index (κ3) is 3.05. The van der Waals surface area contributed by atoms with Crippen LogP contribution in [-0.4, -0.2) is 71.9 Å². The van der Waals surface area contributed by atoms with Crippen LogP contribution < -0.4 is 5.32 Å². The number of rotatable bonds is 4. The summed E-state index contributed by atoms with van der Waals surface area (Å²) in [7, 11) is 0. The summed E-state index contributed by atoms with van der Waals surface area (Å²) >= 11 is 1.56. The van der Waals surface area contributed by atoms with Gasteiger partial charge < -0.3 is 10.2 Å². The number of carbonyl (C=O) groups excluding carboxylic acids is 2. The van der Waals surface area contributed by atoms with Crippen molar-refractivity contribution in [2.75, 3.05) is 44.2 Å². The summed E-state index contributed by atoms with van der Waals surface area (Å²) in [5.74, 6) is 1.44. The quantitative estimate of drug-likeness (QED) is 0.555. The van der Waals surface area contributed by atoms with Gasteiger partial charge in [0.2, 0.25) is 11.8 Å². The molecule has 2 aliphatic heterocycles. The number of nitrogens with one attached hydrogen (secondary N) is 1. The van der Waals surface area contributed by atoms with Gasteiger partial charge in [0.05, 0.1) is 5.75 Å². The molecule has 2 aliphatic rings. The van der Waals surface area contributed by atoms with Crippen LogP contribution in [0.1, 0.15) is 0 Å². The molecule has 2 heterocycles. The number of piperazine rings is 2. The highest BCUT2D eigenvalue weighted by Crippen LogP contribution is 2.14. The number of carbonyl (C=O) groups is 2. The molecule has 0 spiro atoms. The van der Waals surface area contributed by atoms with Crippen molar-refractivity contribution < 1.29 is 9.59 Å². The number of thioether (sulfide) groups is 1. The largest absolute Gasteiger partial charge is 0.353 e. The SMILES string of the molecule is C=CCSCC(=O)N1CCN2CCNC(=O)[C@@H]2C1. The van der Waals surface area contributed by atoms with E-state index in [1.807, 2.05) is 4.90 Å². The second-order valence-electron chi connectivity index (χ2n) is 4.49. The van der Waals surface area contributed by atoms with Gasteiger partial charge in [0, 0.05) is 38.5 Å². The highest BCUT2D eigenvalue weighted by Gasteiger charge is 2.35. The lowest BCUT2D eigenvalue weighted by Gasteiger charge is -2.43. The molecule has 6 heteroatoms. The van der Waals surface area contributed by atoms with Crippen molar-refractivity contribution in [1.82, 2.24) is 15.1 Å². The van der Waals surface area contributed by atoms with Gasteiger partial charge in [0.25, 0.3) is 0 Å². The lowest BCUT2D eigenvalue weighted by Crippen LogP contribution is -2.64. The second kappa shape index (κ2) is 6.24. The normalized spacial score (nSPS) is 24.3. The fourth-order valence-corrected chi connectivity index (χ4v) is 2.97. The van der Waals surface area contributed by atoms with Crippen LogP contribution in [0.3, 0.4) is 0 Å². The maximum atomic E-state index is 12.0. The Balaban J connectivity index is 1.86. The highest BCUT2D eigenvalue weighted by atomic mass is 32.2. The molecular weight excluding hydrogens is 250 g/mol. The van der Waals surface area contributed by atoms with Gasteiger partial charge in [-0.1, -0.05) is 6.08 Å². The van der Waals surface area contributed by atoms with Crippen LogP contribution in [0.25, 0.3) is 0 Å². The minimum absolute atomic E-state index is 0.0532. The number of hydrogen-bond acceptors (Lipinski definition) is 4. The number of fused-ring (bicyclic) bond motifs is 1. The van der Waals surface area contributed by atoms with E-state index in [4.69, 9.17) is 0 Å². The number of amides is 2. The van der Waals surface area contributed by atoms with Gasteiger partial charge in [-0.05, 0) is 0 Å². The first-order valence-electron chi connectivity index (χ1n) is 6.20. The molecule has 100 valence electrons. The van der Waals surface area contributed by atoms with Crippen LogP contribution in [0.2, 0.25) is 0 Å². The Bertz CT molecular complexity index is 348. The molecule has 0 aliphatic carbocycles. The van der Waals surface area contributed by atoms with Gasteiger partial charge >= 0.3 is 0 Å². The predicted molar refractivity (Wildman–Crippen MR) is 72.5 cm³/mol. The Kier molecular flexibility index (Phi) is 4.66. The molecule has 0 unspecified atom stereocenters. The molecule has 2 rings (SSSR count). The Morgan fingerprint density at radius 1 is 1.50 bits per heavy atom. The Labute approximate surface area is 112 Å². The molecule has 1 N–H and O–H groups in total. The van der Waals surface area contributed by atoms with Gasteiger partial charge in [0.15, 0.2) is 0 Å². The topological polar surface area (TPSA) is 52.7 Å². The molecule has 0 aromatic carbocycles. The van der Waals surface area contributed by atoms with E-state index in [1.54, 1.807) is 17.8 Å². The molecule has 18 heavy (non-hydrogen) atoms. The first-order chi connectivity index (χ1) is 8.72. The summed E-state index contributed by atoms with van der Waals surface area (Å²) in [5, 5.41) is 2.86. The van der Waals surface area contributed by atoms with Gasteiger partial charge in [-0.3, -0.25) is 14.5 Å². The Morgan fingerprint density at radius 3 is 3.11 bits per heavy atom. The first kappa shape index (κ1) is 13.4. The Hall–Kier alpha value is -1.01. The van der Waals surface area contributed by atoms with E-state index in [0.717, 1.165) is 31.9 Å². The fraction of sp³-hybridized carbons (Fsp3) is 0.667. The third-order valence-electron chi connectivity index (χ3n) is 3.31. The van der Waals surface area contributed by atoms with Crippen LogP contribution in [0.4, 0.5) is 0 Å². The van der Waals surface area contributed by atoms with Crippen molar-refractivity contribution >= 4 is 23.6 Å². The van der Waals surface area contributed by atoms with E-state index >= 15 is 0 Å². The summed E-state index contributed by atoms with van der Waals surface area (Å²) in [5.41, 5.74) is 0. The van der Waals surface area contributed by atoms with E-state index in [2.05, 4.69) is 16.8 Å². The zero-order valence-electron chi connectivity index (χ0n) is 10.4. The van der Waals surface area contributed by atoms with E-state index < -0.39 is 0 Å². The number of nitrogens with zero attached hydrogens (tertiary/aromatic N) is 2. The van der Waals surface area contributed by atoms with Gasteiger partial charge in [-0.15, -0.1) is 18.3 Å². The smallest absolute Gasteiger partial charge is 0.239 e. The predicted octanol–water partition coefficient (Wildman–Crippen LogP) is -0.452. The van der Waals surface area contributed by atoms with Crippen LogP contribution >= 0.6 is 11.8 Å². The zero-order valence-corrected chi connectivity index (χ0v) is 11.2. The lowest BCUT2D eigenvalue weighted by molar-refractivity contribution is -0.138. The summed E-state index contributed by atoms with van der Waals surface area (Å²) in [6.07, 6.45) is 1.80. The lowest BCUT2D eigenvalue weighted by atomic mass is 10.1. The van der Waals surface area contributed by atoms with Crippen molar-refractivity contribution in [2.24, 2.45) is 0 Å².